The third-order valence-electron chi connectivity index (χ3n) is 7.42. The van der Waals surface area contributed by atoms with Crippen molar-refractivity contribution < 1.29 is 14.3 Å². The van der Waals surface area contributed by atoms with Crippen molar-refractivity contribution in [1.29, 1.82) is 0 Å². The third kappa shape index (κ3) is 3.61. The summed E-state index contributed by atoms with van der Waals surface area (Å²) in [5.74, 6) is 0.342. The molecular weight excluding hydrogens is 368 g/mol. The summed E-state index contributed by atoms with van der Waals surface area (Å²) in [6, 6.07) is 1.90. The van der Waals surface area contributed by atoms with E-state index in [-0.39, 0.29) is 28.9 Å². The second kappa shape index (κ2) is 7.59. The van der Waals surface area contributed by atoms with Gasteiger partial charge in [0.15, 0.2) is 0 Å². The van der Waals surface area contributed by atoms with Crippen molar-refractivity contribution in [1.82, 2.24) is 20.5 Å². The Bertz CT molecular complexity index is 779. The summed E-state index contributed by atoms with van der Waals surface area (Å²) < 4.78 is 5.94. The Morgan fingerprint density at radius 3 is 2.62 bits per heavy atom. The fourth-order valence-corrected chi connectivity index (χ4v) is 5.60. The normalized spacial score (nSPS) is 29.3. The number of rotatable bonds is 2. The third-order valence-corrected chi connectivity index (χ3v) is 7.42. The number of hydrogen-bond donors (Lipinski definition) is 2. The van der Waals surface area contributed by atoms with Crippen molar-refractivity contribution >= 4 is 12.0 Å². The molecule has 0 radical (unpaired) electrons. The van der Waals surface area contributed by atoms with Crippen LogP contribution < -0.4 is 10.6 Å². The summed E-state index contributed by atoms with van der Waals surface area (Å²) in [5, 5.41) is 6.32. The molecule has 158 valence electrons. The molecule has 3 aliphatic rings. The number of alkyl carbamates (subject to hydrolysis) is 1. The van der Waals surface area contributed by atoms with Crippen LogP contribution in [0.4, 0.5) is 4.79 Å². The van der Waals surface area contributed by atoms with Gasteiger partial charge in [0.05, 0.1) is 11.3 Å². The number of nitrogens with zero attached hydrogens (tertiary/aromatic N) is 2. The zero-order valence-corrected chi connectivity index (χ0v) is 17.7. The van der Waals surface area contributed by atoms with E-state index in [2.05, 4.69) is 22.5 Å². The van der Waals surface area contributed by atoms with Gasteiger partial charge >= 0.3 is 6.09 Å². The first-order valence-corrected chi connectivity index (χ1v) is 10.7. The summed E-state index contributed by atoms with van der Waals surface area (Å²) in [7, 11) is 0. The molecule has 3 aliphatic heterocycles. The smallest absolute Gasteiger partial charge is 0.407 e. The maximum atomic E-state index is 13.2. The van der Waals surface area contributed by atoms with Crippen LogP contribution in [-0.2, 0) is 4.74 Å². The van der Waals surface area contributed by atoms with Gasteiger partial charge in [0.25, 0.3) is 5.91 Å². The van der Waals surface area contributed by atoms with E-state index in [0.29, 0.717) is 6.54 Å². The molecule has 0 bridgehead atoms. The number of carbonyl (C=O) groups excluding carboxylic acids is 2. The lowest BCUT2D eigenvalue weighted by molar-refractivity contribution is -0.122. The highest BCUT2D eigenvalue weighted by molar-refractivity contribution is 5.96. The number of pyridine rings is 1. The maximum Gasteiger partial charge on any atom is 0.407 e. The highest BCUT2D eigenvalue weighted by Gasteiger charge is 2.54. The van der Waals surface area contributed by atoms with E-state index in [1.807, 2.05) is 24.8 Å². The maximum absolute atomic E-state index is 13.2. The van der Waals surface area contributed by atoms with Gasteiger partial charge in [-0.25, -0.2) is 4.79 Å². The average Bonchev–Trinajstić information content (AvgIpc) is 2.68. The second-order valence-electron chi connectivity index (χ2n) is 9.17. The highest BCUT2D eigenvalue weighted by atomic mass is 16.6. The molecule has 2 atom stereocenters. The molecule has 0 aliphatic carbocycles. The summed E-state index contributed by atoms with van der Waals surface area (Å²) in [6.07, 6.45) is 5.01. The van der Waals surface area contributed by atoms with Gasteiger partial charge < -0.3 is 20.3 Å². The molecule has 29 heavy (non-hydrogen) atoms. The van der Waals surface area contributed by atoms with Crippen LogP contribution in [0, 0.1) is 25.2 Å². The lowest BCUT2D eigenvalue weighted by atomic mass is 9.60. The number of ether oxygens (including phenoxy) is 1. The van der Waals surface area contributed by atoms with Crippen LogP contribution in [0.25, 0.3) is 0 Å². The quantitative estimate of drug-likeness (QED) is 0.797. The molecule has 0 aromatic carbocycles. The number of likely N-dealkylation sites (tertiary alicyclic amines) is 1. The molecule has 2 unspecified atom stereocenters. The monoisotopic (exact) mass is 400 g/mol. The van der Waals surface area contributed by atoms with Crippen LogP contribution >= 0.6 is 0 Å². The zero-order chi connectivity index (χ0) is 20.6. The summed E-state index contributed by atoms with van der Waals surface area (Å²) in [5.41, 5.74) is 2.15. The molecule has 7 heteroatoms. The molecule has 3 saturated heterocycles. The molecule has 0 saturated carbocycles. The van der Waals surface area contributed by atoms with Crippen molar-refractivity contribution in [3.05, 3.63) is 29.1 Å². The predicted octanol–water partition coefficient (Wildman–Crippen LogP) is 2.42. The van der Waals surface area contributed by atoms with Crippen molar-refractivity contribution in [2.45, 2.75) is 52.1 Å². The van der Waals surface area contributed by atoms with Gasteiger partial charge in [-0.15, -0.1) is 0 Å². The van der Waals surface area contributed by atoms with E-state index in [4.69, 9.17) is 4.74 Å². The van der Waals surface area contributed by atoms with Crippen LogP contribution in [0.15, 0.2) is 12.3 Å². The van der Waals surface area contributed by atoms with Crippen LogP contribution in [0.2, 0.25) is 0 Å². The van der Waals surface area contributed by atoms with Gasteiger partial charge in [-0.2, -0.15) is 0 Å². The van der Waals surface area contributed by atoms with Gasteiger partial charge in [0.2, 0.25) is 0 Å². The molecular formula is C22H32N4O3. The number of carbonyl (C=O) groups is 2. The molecule has 4 heterocycles. The van der Waals surface area contributed by atoms with E-state index in [0.717, 1.165) is 68.7 Å². The molecule has 7 nitrogen and oxygen atoms in total. The van der Waals surface area contributed by atoms with E-state index in [1.54, 1.807) is 6.20 Å². The van der Waals surface area contributed by atoms with Crippen molar-refractivity contribution in [2.24, 2.45) is 11.3 Å². The topological polar surface area (TPSA) is 83.6 Å². The second-order valence-corrected chi connectivity index (χ2v) is 9.17. The van der Waals surface area contributed by atoms with Gasteiger partial charge in [0.1, 0.15) is 5.60 Å². The summed E-state index contributed by atoms with van der Waals surface area (Å²) >= 11 is 0. The van der Waals surface area contributed by atoms with Gasteiger partial charge in [-0.1, -0.05) is 6.92 Å². The fourth-order valence-electron chi connectivity index (χ4n) is 5.60. The average molecular weight is 401 g/mol. The molecule has 1 aromatic rings. The van der Waals surface area contributed by atoms with Crippen LogP contribution in [0.1, 0.15) is 54.2 Å². The minimum atomic E-state index is -0.384. The number of amides is 2. The minimum absolute atomic E-state index is 0.0286. The van der Waals surface area contributed by atoms with E-state index in [1.165, 1.54) is 0 Å². The van der Waals surface area contributed by atoms with Gasteiger partial charge in [0, 0.05) is 51.1 Å². The SMILES string of the molecule is Cc1ccnc(C)c1C(=O)N1CCC(C)(C2CNCCC23CCNC(=O)O3)CC1. The van der Waals surface area contributed by atoms with E-state index in [9.17, 15) is 9.59 Å². The first kappa shape index (κ1) is 20.1. The summed E-state index contributed by atoms with van der Waals surface area (Å²) in [4.78, 5) is 31.5. The summed E-state index contributed by atoms with van der Waals surface area (Å²) in [6.45, 7) is 10.0. The lowest BCUT2D eigenvalue weighted by Gasteiger charge is -2.55. The van der Waals surface area contributed by atoms with E-state index >= 15 is 0 Å². The Morgan fingerprint density at radius 1 is 1.21 bits per heavy atom. The zero-order valence-electron chi connectivity index (χ0n) is 17.7. The Kier molecular flexibility index (Phi) is 5.27. The number of nitrogens with one attached hydrogen (secondary N) is 2. The predicted molar refractivity (Wildman–Crippen MR) is 110 cm³/mol. The molecule has 2 amide bonds. The van der Waals surface area contributed by atoms with Crippen LogP contribution in [0.5, 0.6) is 0 Å². The standard InChI is InChI=1S/C22H32N4O3/c1-15-4-9-24-16(2)18(15)19(27)26-12-7-21(3,8-13-26)17-14-23-10-5-22(17)6-11-25-20(28)29-22/h4,9,17,23H,5-8,10-14H2,1-3H3,(H,25,28). The van der Waals surface area contributed by atoms with Gasteiger partial charge in [-0.3, -0.25) is 9.78 Å². The minimum Gasteiger partial charge on any atom is -0.442 e. The number of aryl methyl sites for hydroxylation is 2. The largest absolute Gasteiger partial charge is 0.442 e. The van der Waals surface area contributed by atoms with Gasteiger partial charge in [-0.05, 0) is 50.3 Å². The molecule has 2 N–H and O–H groups in total. The van der Waals surface area contributed by atoms with Crippen LogP contribution in [0.3, 0.4) is 0 Å². The molecule has 1 spiro atoms. The Hall–Kier alpha value is -2.15. The first-order chi connectivity index (χ1) is 13.8. The molecule has 3 fully saturated rings. The number of aromatic nitrogens is 1. The molecule has 1 aromatic heterocycles. The fraction of sp³-hybridized carbons (Fsp3) is 0.682. The Morgan fingerprint density at radius 2 is 1.93 bits per heavy atom. The van der Waals surface area contributed by atoms with Crippen molar-refractivity contribution in [2.75, 3.05) is 32.7 Å². The Labute approximate surface area is 172 Å². The lowest BCUT2D eigenvalue weighted by Crippen LogP contribution is -2.63. The van der Waals surface area contributed by atoms with Crippen molar-refractivity contribution in [3.8, 4) is 0 Å². The molecule has 4 rings (SSSR count). The van der Waals surface area contributed by atoms with Crippen LogP contribution in [-0.4, -0.2) is 60.2 Å². The van der Waals surface area contributed by atoms with Crippen molar-refractivity contribution in [3.63, 3.8) is 0 Å². The van der Waals surface area contributed by atoms with E-state index < -0.39 is 0 Å². The highest BCUT2D eigenvalue weighted by Crippen LogP contribution is 2.49. The Balaban J connectivity index is 1.50. The first-order valence-electron chi connectivity index (χ1n) is 10.7. The number of hydrogen-bond acceptors (Lipinski definition) is 5. The number of piperidine rings is 2.